The van der Waals surface area contributed by atoms with Crippen molar-refractivity contribution in [1.82, 2.24) is 20.4 Å². The maximum Gasteiger partial charge on any atom is 0.241 e. The molecule has 0 saturated carbocycles. The maximum atomic E-state index is 13.2. The molecule has 1 aromatic heterocycles. The van der Waals surface area contributed by atoms with Gasteiger partial charge in [0.15, 0.2) is 0 Å². The Morgan fingerprint density at radius 2 is 1.72 bits per heavy atom. The van der Waals surface area contributed by atoms with Crippen LogP contribution in [0.1, 0.15) is 82.9 Å². The maximum absolute atomic E-state index is 13.2. The molecule has 2 fully saturated rings. The van der Waals surface area contributed by atoms with Crippen LogP contribution >= 0.6 is 0 Å². The van der Waals surface area contributed by atoms with E-state index < -0.39 is 0 Å². The molecule has 208 valence electrons. The molecule has 2 aliphatic rings. The second-order valence-electron chi connectivity index (χ2n) is 12.3. The first kappa shape index (κ1) is 27.4. The topological polar surface area (TPSA) is 74.5 Å². The molecule has 3 heterocycles. The normalized spacial score (nSPS) is 19.6. The molecular weight excluding hydrogens is 486 g/mol. The lowest BCUT2D eigenvalue weighted by Gasteiger charge is -2.31. The molecule has 7 heteroatoms. The summed E-state index contributed by atoms with van der Waals surface area (Å²) in [6, 6.07) is 17.1. The Balaban J connectivity index is 1.14. The fraction of sp³-hybridized carbons (Fsp3) is 0.531. The molecule has 1 N–H and O–H groups in total. The number of amides is 1. The fourth-order valence-electron chi connectivity index (χ4n) is 5.70. The minimum absolute atomic E-state index is 0.0218. The number of hydrogen-bond donors (Lipinski definition) is 1. The zero-order valence-electron chi connectivity index (χ0n) is 23.9. The van der Waals surface area contributed by atoms with Gasteiger partial charge in [-0.1, -0.05) is 62.3 Å². The number of carbonyl (C=O) groups excluding carboxylic acids is 1. The standard InChI is InChI=1S/C32H43N5O2/c1-23(24-12-16-28(17-13-24)37-19-6-5-7-20-37)33-31(38)26-9-8-18-36(21-26)22-29-34-30(35-39-29)25-10-14-27(15-11-25)32(2,3)4/h10-17,23,26H,5-9,18-22H2,1-4H3,(H,33,38). The van der Waals surface area contributed by atoms with E-state index >= 15 is 0 Å². The average Bonchev–Trinajstić information content (AvgIpc) is 3.42. The molecule has 5 rings (SSSR count). The zero-order valence-corrected chi connectivity index (χ0v) is 23.9. The van der Waals surface area contributed by atoms with Crippen LogP contribution in [0.15, 0.2) is 53.1 Å². The van der Waals surface area contributed by atoms with Crippen molar-refractivity contribution in [1.29, 1.82) is 0 Å². The van der Waals surface area contributed by atoms with E-state index in [1.54, 1.807) is 0 Å². The van der Waals surface area contributed by atoms with Crippen LogP contribution in [0.3, 0.4) is 0 Å². The number of likely N-dealkylation sites (tertiary alicyclic amines) is 1. The van der Waals surface area contributed by atoms with E-state index in [2.05, 4.69) is 101 Å². The highest BCUT2D eigenvalue weighted by atomic mass is 16.5. The SMILES string of the molecule is CC(NC(=O)C1CCCN(Cc2nc(-c3ccc(C(C)(C)C)cc3)no2)C1)c1ccc(N2CCCCC2)cc1. The fourth-order valence-corrected chi connectivity index (χ4v) is 5.70. The molecule has 2 aromatic carbocycles. The highest BCUT2D eigenvalue weighted by Crippen LogP contribution is 2.26. The summed E-state index contributed by atoms with van der Waals surface area (Å²) in [5.41, 5.74) is 4.76. The third-order valence-corrected chi connectivity index (χ3v) is 8.19. The second-order valence-corrected chi connectivity index (χ2v) is 12.3. The van der Waals surface area contributed by atoms with Gasteiger partial charge >= 0.3 is 0 Å². The summed E-state index contributed by atoms with van der Waals surface area (Å²) in [4.78, 5) is 22.5. The van der Waals surface area contributed by atoms with Gasteiger partial charge in [-0.2, -0.15) is 4.98 Å². The molecule has 0 radical (unpaired) electrons. The number of anilines is 1. The molecule has 2 aliphatic heterocycles. The van der Waals surface area contributed by atoms with E-state index in [0.717, 1.165) is 43.6 Å². The summed E-state index contributed by atoms with van der Waals surface area (Å²) in [5, 5.41) is 7.47. The van der Waals surface area contributed by atoms with E-state index in [4.69, 9.17) is 4.52 Å². The van der Waals surface area contributed by atoms with E-state index in [1.165, 1.54) is 30.5 Å². The molecule has 3 aromatic rings. The molecule has 7 nitrogen and oxygen atoms in total. The van der Waals surface area contributed by atoms with E-state index in [9.17, 15) is 4.79 Å². The number of nitrogens with zero attached hydrogens (tertiary/aromatic N) is 4. The Bertz CT molecular complexity index is 1220. The van der Waals surface area contributed by atoms with Crippen molar-refractivity contribution in [3.05, 3.63) is 65.5 Å². The van der Waals surface area contributed by atoms with E-state index in [0.29, 0.717) is 24.8 Å². The summed E-state index contributed by atoms with van der Waals surface area (Å²) in [5.74, 6) is 1.28. The van der Waals surface area contributed by atoms with Crippen molar-refractivity contribution in [3.63, 3.8) is 0 Å². The van der Waals surface area contributed by atoms with Gasteiger partial charge in [0, 0.05) is 30.9 Å². The smallest absolute Gasteiger partial charge is 0.241 e. The summed E-state index contributed by atoms with van der Waals surface area (Å²) in [6.07, 6.45) is 5.75. The quantitative estimate of drug-likeness (QED) is 0.398. The molecule has 2 saturated heterocycles. The van der Waals surface area contributed by atoms with Crippen LogP contribution in [-0.2, 0) is 16.8 Å². The molecule has 0 spiro atoms. The number of benzene rings is 2. The molecule has 2 atom stereocenters. The van der Waals surface area contributed by atoms with Crippen LogP contribution in [0.25, 0.3) is 11.4 Å². The Morgan fingerprint density at radius 1 is 1.00 bits per heavy atom. The molecule has 1 amide bonds. The van der Waals surface area contributed by atoms with Crippen LogP contribution in [-0.4, -0.2) is 47.1 Å². The van der Waals surface area contributed by atoms with Gasteiger partial charge in [-0.25, -0.2) is 0 Å². The van der Waals surface area contributed by atoms with E-state index in [1.807, 2.05) is 0 Å². The van der Waals surface area contributed by atoms with Crippen molar-refractivity contribution in [2.75, 3.05) is 31.1 Å². The van der Waals surface area contributed by atoms with Gasteiger partial charge in [0.2, 0.25) is 17.6 Å². The van der Waals surface area contributed by atoms with Crippen molar-refractivity contribution in [2.45, 2.75) is 77.8 Å². The van der Waals surface area contributed by atoms with Gasteiger partial charge in [-0.3, -0.25) is 9.69 Å². The number of nitrogens with one attached hydrogen (secondary N) is 1. The third-order valence-electron chi connectivity index (χ3n) is 8.19. The third kappa shape index (κ3) is 6.88. The highest BCUT2D eigenvalue weighted by Gasteiger charge is 2.28. The van der Waals surface area contributed by atoms with Gasteiger partial charge in [0.1, 0.15) is 0 Å². The predicted molar refractivity (Wildman–Crippen MR) is 155 cm³/mol. The van der Waals surface area contributed by atoms with Crippen molar-refractivity contribution < 1.29 is 9.32 Å². The Morgan fingerprint density at radius 3 is 2.41 bits per heavy atom. The van der Waals surface area contributed by atoms with Gasteiger partial charge < -0.3 is 14.7 Å². The number of hydrogen-bond acceptors (Lipinski definition) is 6. The van der Waals surface area contributed by atoms with Crippen molar-refractivity contribution in [2.24, 2.45) is 5.92 Å². The largest absolute Gasteiger partial charge is 0.372 e. The Labute approximate surface area is 233 Å². The van der Waals surface area contributed by atoms with Crippen LogP contribution in [0.5, 0.6) is 0 Å². The molecular formula is C32H43N5O2. The monoisotopic (exact) mass is 529 g/mol. The Hall–Kier alpha value is -3.19. The lowest BCUT2D eigenvalue weighted by molar-refractivity contribution is -0.127. The first-order valence-electron chi connectivity index (χ1n) is 14.6. The van der Waals surface area contributed by atoms with Gasteiger partial charge in [0.25, 0.3) is 0 Å². The Kier molecular flexibility index (Phi) is 8.36. The predicted octanol–water partition coefficient (Wildman–Crippen LogP) is 6.11. The summed E-state index contributed by atoms with van der Waals surface area (Å²) in [6.45, 7) is 13.1. The van der Waals surface area contributed by atoms with Crippen LogP contribution in [0.4, 0.5) is 5.69 Å². The number of piperidine rings is 2. The summed E-state index contributed by atoms with van der Waals surface area (Å²) in [7, 11) is 0. The number of rotatable bonds is 7. The van der Waals surface area contributed by atoms with Crippen LogP contribution in [0.2, 0.25) is 0 Å². The van der Waals surface area contributed by atoms with Gasteiger partial charge in [0.05, 0.1) is 18.5 Å². The lowest BCUT2D eigenvalue weighted by atomic mass is 9.87. The summed E-state index contributed by atoms with van der Waals surface area (Å²) < 4.78 is 5.58. The first-order chi connectivity index (χ1) is 18.8. The van der Waals surface area contributed by atoms with Crippen LogP contribution < -0.4 is 10.2 Å². The average molecular weight is 530 g/mol. The van der Waals surface area contributed by atoms with E-state index in [-0.39, 0.29) is 23.3 Å². The van der Waals surface area contributed by atoms with Crippen molar-refractivity contribution >= 4 is 11.6 Å². The first-order valence-corrected chi connectivity index (χ1v) is 14.6. The second kappa shape index (κ2) is 11.9. The molecule has 0 bridgehead atoms. The lowest BCUT2D eigenvalue weighted by Crippen LogP contribution is -2.43. The van der Waals surface area contributed by atoms with Crippen molar-refractivity contribution in [3.8, 4) is 11.4 Å². The molecule has 0 aliphatic carbocycles. The number of aromatic nitrogens is 2. The molecule has 39 heavy (non-hydrogen) atoms. The van der Waals surface area contributed by atoms with Gasteiger partial charge in [-0.05, 0) is 74.2 Å². The minimum Gasteiger partial charge on any atom is -0.372 e. The zero-order chi connectivity index (χ0) is 27.4. The number of carbonyl (C=O) groups is 1. The molecule has 2 unspecified atom stereocenters. The van der Waals surface area contributed by atoms with Gasteiger partial charge in [-0.15, -0.1) is 0 Å². The minimum atomic E-state index is -0.0406. The highest BCUT2D eigenvalue weighted by molar-refractivity contribution is 5.79. The summed E-state index contributed by atoms with van der Waals surface area (Å²) >= 11 is 0. The van der Waals surface area contributed by atoms with Crippen LogP contribution in [0, 0.1) is 5.92 Å².